The summed E-state index contributed by atoms with van der Waals surface area (Å²) in [4.78, 5) is 57.3. The maximum Gasteiger partial charge on any atom is 0.308 e. The molecule has 0 bridgehead atoms. The molecule has 0 radical (unpaired) electrons. The summed E-state index contributed by atoms with van der Waals surface area (Å²) in [6.07, 6.45) is 2.36. The van der Waals surface area contributed by atoms with Crippen LogP contribution in [0.2, 0.25) is 5.02 Å². The van der Waals surface area contributed by atoms with Crippen molar-refractivity contribution in [2.45, 2.75) is 32.2 Å². The predicted molar refractivity (Wildman–Crippen MR) is 148 cm³/mol. The van der Waals surface area contributed by atoms with Crippen LogP contribution in [0.3, 0.4) is 0 Å². The average molecular weight is 544 g/mol. The van der Waals surface area contributed by atoms with E-state index in [4.69, 9.17) is 16.3 Å². The molecule has 0 saturated carbocycles. The van der Waals surface area contributed by atoms with E-state index >= 15 is 0 Å². The number of hydrogen-bond acceptors (Lipinski definition) is 5. The van der Waals surface area contributed by atoms with Gasteiger partial charge in [-0.1, -0.05) is 41.9 Å². The smallest absolute Gasteiger partial charge is 0.308 e. The molecule has 3 amide bonds. The number of anilines is 1. The number of aromatic amines is 1. The van der Waals surface area contributed by atoms with Gasteiger partial charge in [-0.15, -0.1) is 0 Å². The zero-order valence-electron chi connectivity index (χ0n) is 21.2. The number of imide groups is 1. The molecular weight excluding hydrogens is 518 g/mol. The quantitative estimate of drug-likeness (QED) is 0.197. The Kier molecular flexibility index (Phi) is 7.47. The van der Waals surface area contributed by atoms with Gasteiger partial charge in [0.2, 0.25) is 11.8 Å². The summed E-state index contributed by atoms with van der Waals surface area (Å²) in [6, 6.07) is 20.0. The number of benzene rings is 3. The number of nitrogens with zero attached hydrogens (tertiary/aromatic N) is 2. The lowest BCUT2D eigenvalue weighted by atomic mass is 10.1. The van der Waals surface area contributed by atoms with Gasteiger partial charge in [0.05, 0.1) is 18.5 Å². The molecule has 5 rings (SSSR count). The predicted octanol–water partition coefficient (Wildman–Crippen LogP) is 4.69. The average Bonchev–Trinajstić information content (AvgIpc) is 3.46. The fourth-order valence-corrected chi connectivity index (χ4v) is 5.00. The molecule has 39 heavy (non-hydrogen) atoms. The van der Waals surface area contributed by atoms with Gasteiger partial charge in [-0.3, -0.25) is 19.2 Å². The minimum atomic E-state index is -0.935. The molecule has 0 spiro atoms. The first-order valence-electron chi connectivity index (χ1n) is 12.5. The largest absolute Gasteiger partial charge is 0.427 e. The van der Waals surface area contributed by atoms with Crippen molar-refractivity contribution in [3.8, 4) is 5.75 Å². The van der Waals surface area contributed by atoms with Crippen molar-refractivity contribution in [2.24, 2.45) is 0 Å². The van der Waals surface area contributed by atoms with E-state index in [2.05, 4.69) is 4.98 Å². The molecule has 1 aliphatic rings. The van der Waals surface area contributed by atoms with Crippen LogP contribution in [0.5, 0.6) is 5.75 Å². The third-order valence-corrected chi connectivity index (χ3v) is 6.99. The van der Waals surface area contributed by atoms with E-state index in [-0.39, 0.29) is 25.3 Å². The summed E-state index contributed by atoms with van der Waals surface area (Å²) in [5, 5.41) is 1.61. The topological polar surface area (TPSA) is 99.8 Å². The standard InChI is InChI=1S/C30H26ClN3O5/c1-19(35)39-24-12-10-23(11-13-24)34-29(37)17-27(30(34)38)33(28(36)16-20-6-8-22(31)9-7-20)15-14-21-18-32-26-5-3-2-4-25(21)26/h2-13,18,27,32H,14-17H2,1H3. The Morgan fingerprint density at radius 1 is 1.03 bits per heavy atom. The van der Waals surface area contributed by atoms with Crippen LogP contribution in [0.25, 0.3) is 10.9 Å². The van der Waals surface area contributed by atoms with Crippen molar-refractivity contribution >= 4 is 51.9 Å². The Labute approximate surface area is 230 Å². The number of carbonyl (C=O) groups excluding carboxylic acids is 4. The van der Waals surface area contributed by atoms with Gasteiger partial charge in [0.15, 0.2) is 0 Å². The van der Waals surface area contributed by atoms with Gasteiger partial charge in [0.25, 0.3) is 5.91 Å². The van der Waals surface area contributed by atoms with Gasteiger partial charge in [0.1, 0.15) is 11.8 Å². The van der Waals surface area contributed by atoms with Crippen LogP contribution in [-0.2, 0) is 32.0 Å². The van der Waals surface area contributed by atoms with Gasteiger partial charge in [-0.25, -0.2) is 4.90 Å². The highest BCUT2D eigenvalue weighted by atomic mass is 35.5. The van der Waals surface area contributed by atoms with Crippen LogP contribution >= 0.6 is 11.6 Å². The van der Waals surface area contributed by atoms with E-state index in [1.54, 1.807) is 36.4 Å². The van der Waals surface area contributed by atoms with E-state index in [1.807, 2.05) is 30.5 Å². The Morgan fingerprint density at radius 2 is 1.74 bits per heavy atom. The highest BCUT2D eigenvalue weighted by Crippen LogP contribution is 2.29. The third kappa shape index (κ3) is 5.71. The van der Waals surface area contributed by atoms with E-state index in [9.17, 15) is 19.2 Å². The maximum atomic E-state index is 13.6. The molecule has 1 N–H and O–H groups in total. The molecule has 3 aromatic carbocycles. The molecule has 1 fully saturated rings. The molecule has 1 atom stereocenters. The van der Waals surface area contributed by atoms with Crippen molar-refractivity contribution < 1.29 is 23.9 Å². The Morgan fingerprint density at radius 3 is 2.46 bits per heavy atom. The minimum absolute atomic E-state index is 0.0695. The summed E-state index contributed by atoms with van der Waals surface area (Å²) in [5.74, 6) is -1.29. The zero-order valence-corrected chi connectivity index (χ0v) is 22.0. The van der Waals surface area contributed by atoms with Crippen LogP contribution in [0.1, 0.15) is 24.5 Å². The second kappa shape index (κ2) is 11.1. The van der Waals surface area contributed by atoms with Gasteiger partial charge < -0.3 is 14.6 Å². The van der Waals surface area contributed by atoms with Gasteiger partial charge in [-0.2, -0.15) is 0 Å². The first kappa shape index (κ1) is 26.2. The third-order valence-electron chi connectivity index (χ3n) is 6.74. The van der Waals surface area contributed by atoms with Crippen molar-refractivity contribution in [1.29, 1.82) is 0 Å². The van der Waals surface area contributed by atoms with Crippen LogP contribution < -0.4 is 9.64 Å². The Balaban J connectivity index is 1.40. The first-order valence-corrected chi connectivity index (χ1v) is 12.9. The summed E-state index contributed by atoms with van der Waals surface area (Å²) in [5.41, 5.74) is 3.12. The highest BCUT2D eigenvalue weighted by molar-refractivity contribution is 6.30. The maximum absolute atomic E-state index is 13.6. The number of carbonyl (C=O) groups is 4. The van der Waals surface area contributed by atoms with Crippen molar-refractivity contribution in [2.75, 3.05) is 11.4 Å². The second-order valence-electron chi connectivity index (χ2n) is 9.37. The second-order valence-corrected chi connectivity index (χ2v) is 9.81. The van der Waals surface area contributed by atoms with E-state index in [0.717, 1.165) is 26.9 Å². The molecule has 4 aromatic rings. The number of H-pyrrole nitrogens is 1. The summed E-state index contributed by atoms with van der Waals surface area (Å²) < 4.78 is 5.05. The SMILES string of the molecule is CC(=O)Oc1ccc(N2C(=O)CC(N(CCc3c[nH]c4ccccc34)C(=O)Cc3ccc(Cl)cc3)C2=O)cc1. The monoisotopic (exact) mass is 543 g/mol. The lowest BCUT2D eigenvalue weighted by molar-refractivity contribution is -0.137. The van der Waals surface area contributed by atoms with E-state index in [0.29, 0.717) is 22.9 Å². The number of esters is 1. The fraction of sp³-hybridized carbons (Fsp3) is 0.200. The molecule has 0 aliphatic carbocycles. The Bertz CT molecular complexity index is 1550. The summed E-state index contributed by atoms with van der Waals surface area (Å²) in [7, 11) is 0. The summed E-state index contributed by atoms with van der Waals surface area (Å²) in [6.45, 7) is 1.55. The number of ether oxygens (including phenoxy) is 1. The number of hydrogen-bond donors (Lipinski definition) is 1. The fourth-order valence-electron chi connectivity index (χ4n) is 4.87. The van der Waals surface area contributed by atoms with Gasteiger partial charge in [0, 0.05) is 35.6 Å². The lowest BCUT2D eigenvalue weighted by Crippen LogP contribution is -2.47. The number of halogens is 1. The van der Waals surface area contributed by atoms with Crippen LogP contribution in [-0.4, -0.2) is 46.2 Å². The normalized spacial score (nSPS) is 15.1. The number of rotatable bonds is 8. The van der Waals surface area contributed by atoms with Crippen molar-refractivity contribution in [1.82, 2.24) is 9.88 Å². The minimum Gasteiger partial charge on any atom is -0.427 e. The molecule has 1 aromatic heterocycles. The first-order chi connectivity index (χ1) is 18.8. The van der Waals surface area contributed by atoms with E-state index in [1.165, 1.54) is 24.0 Å². The van der Waals surface area contributed by atoms with Crippen LogP contribution in [0.4, 0.5) is 5.69 Å². The molecular formula is C30H26ClN3O5. The highest BCUT2D eigenvalue weighted by Gasteiger charge is 2.44. The molecule has 2 heterocycles. The molecule has 198 valence electrons. The number of fused-ring (bicyclic) bond motifs is 1. The molecule has 1 unspecified atom stereocenters. The number of amides is 3. The number of nitrogens with one attached hydrogen (secondary N) is 1. The summed E-state index contributed by atoms with van der Waals surface area (Å²) >= 11 is 6.00. The molecule has 1 saturated heterocycles. The van der Waals surface area contributed by atoms with Crippen LogP contribution in [0, 0.1) is 0 Å². The van der Waals surface area contributed by atoms with Gasteiger partial charge >= 0.3 is 5.97 Å². The molecule has 1 aliphatic heterocycles. The number of para-hydroxylation sites is 1. The van der Waals surface area contributed by atoms with Crippen molar-refractivity contribution in [3.63, 3.8) is 0 Å². The molecule has 9 heteroatoms. The van der Waals surface area contributed by atoms with Gasteiger partial charge in [-0.05, 0) is 60.0 Å². The van der Waals surface area contributed by atoms with E-state index < -0.39 is 23.8 Å². The lowest BCUT2D eigenvalue weighted by Gasteiger charge is -2.28. The van der Waals surface area contributed by atoms with Crippen molar-refractivity contribution in [3.05, 3.63) is 95.1 Å². The van der Waals surface area contributed by atoms with Crippen LogP contribution in [0.15, 0.2) is 79.0 Å². The number of aromatic nitrogens is 1. The Hall–Kier alpha value is -4.43. The molecule has 8 nitrogen and oxygen atoms in total. The zero-order chi connectivity index (χ0) is 27.5.